The summed E-state index contributed by atoms with van der Waals surface area (Å²) in [6, 6.07) is 10.7. The number of nitrogens with one attached hydrogen (secondary N) is 1. The van der Waals surface area contributed by atoms with Gasteiger partial charge in [-0.25, -0.2) is 4.79 Å². The average Bonchev–Trinajstić information content (AvgIpc) is 3.71. The third kappa shape index (κ3) is 8.07. The van der Waals surface area contributed by atoms with E-state index in [1.807, 2.05) is 28.8 Å². The Hall–Kier alpha value is -2.86. The van der Waals surface area contributed by atoms with Crippen LogP contribution in [0.4, 0.5) is 18.9 Å². The molecule has 0 radical (unpaired) electrons. The van der Waals surface area contributed by atoms with Crippen molar-refractivity contribution in [2.24, 2.45) is 5.92 Å². The van der Waals surface area contributed by atoms with Gasteiger partial charge in [-0.05, 0) is 107 Å². The van der Waals surface area contributed by atoms with E-state index in [0.717, 1.165) is 62.0 Å². The van der Waals surface area contributed by atoms with E-state index in [0.29, 0.717) is 31.5 Å². The number of aromatic amines is 1. The molecule has 256 valence electrons. The average molecular weight is 676 g/mol. The number of para-hydroxylation sites is 2. The van der Waals surface area contributed by atoms with Gasteiger partial charge in [0, 0.05) is 38.0 Å². The maximum Gasteiger partial charge on any atom is 0.418 e. The van der Waals surface area contributed by atoms with Gasteiger partial charge >= 0.3 is 11.9 Å². The number of halogens is 4. The number of Topliss-reactive ketones (excluding diaryl/α,β-unsaturated/α-hetero) is 1. The van der Waals surface area contributed by atoms with Crippen LogP contribution in [-0.4, -0.2) is 70.2 Å². The van der Waals surface area contributed by atoms with Crippen molar-refractivity contribution < 1.29 is 22.7 Å². The number of hydrogen-bond donors (Lipinski definition) is 2. The number of H-pyrrole nitrogens is 1. The molecule has 1 atom stereocenters. The second-order valence-corrected chi connectivity index (χ2v) is 14.0. The molecule has 0 spiro atoms. The van der Waals surface area contributed by atoms with Crippen molar-refractivity contribution in [1.82, 2.24) is 19.4 Å². The Morgan fingerprint density at radius 3 is 2.40 bits per heavy atom. The number of nitrogens with two attached hydrogens (primary N) is 1. The van der Waals surface area contributed by atoms with Crippen molar-refractivity contribution in [3.8, 4) is 0 Å². The fraction of sp³-hybridized carbons (Fsp3) is 0.600. The van der Waals surface area contributed by atoms with E-state index in [1.54, 1.807) is 0 Å². The van der Waals surface area contributed by atoms with Gasteiger partial charge in [0.1, 0.15) is 6.10 Å². The molecule has 2 aliphatic heterocycles. The monoisotopic (exact) mass is 675 g/mol. The first-order valence-corrected chi connectivity index (χ1v) is 17.4. The maximum atomic E-state index is 13.7. The van der Waals surface area contributed by atoms with Gasteiger partial charge in [0.05, 0.1) is 34.0 Å². The van der Waals surface area contributed by atoms with Gasteiger partial charge in [0.15, 0.2) is 5.78 Å². The molecule has 2 saturated heterocycles. The SMILES string of the molecule is Nc1c(Cl)cc(C[C@@H](OCN2CCC(n3c(=O)[nH]c4ccccc43)CC2)C(=O)CCC2CCC(N3CCCC3)CC2)cc1C(F)(F)F. The molecular formula is C35H45ClF3N5O3. The standard InChI is InChI=1S/C35H45ClF3N5O3/c36-28-20-24(19-27(33(28)40)35(37,38)39)21-32(31(45)12-9-23-7-10-25(11-8-23)43-15-3-4-16-43)47-22-42-17-13-26(14-18-42)44-30-6-2-1-5-29(30)41-34(44)46/h1-2,5-6,19-20,23,25-26,32H,3-4,7-18,21-22,40H2,(H,41,46)/t23?,25?,32-/m1/s1. The molecular weight excluding hydrogens is 631 g/mol. The summed E-state index contributed by atoms with van der Waals surface area (Å²) in [7, 11) is 0. The van der Waals surface area contributed by atoms with Crippen molar-refractivity contribution in [2.45, 2.75) is 95.0 Å². The second-order valence-electron chi connectivity index (χ2n) is 13.6. The van der Waals surface area contributed by atoms with Crippen LogP contribution in [0.25, 0.3) is 11.0 Å². The fourth-order valence-corrected chi connectivity index (χ4v) is 8.10. The molecule has 3 aromatic rings. The summed E-state index contributed by atoms with van der Waals surface area (Å²) in [5.74, 6) is 0.363. The van der Waals surface area contributed by atoms with Crippen molar-refractivity contribution in [3.63, 3.8) is 0 Å². The molecule has 3 fully saturated rings. The third-order valence-corrected chi connectivity index (χ3v) is 10.9. The predicted molar refractivity (Wildman–Crippen MR) is 178 cm³/mol. The molecule has 3 heterocycles. The zero-order valence-electron chi connectivity index (χ0n) is 26.7. The van der Waals surface area contributed by atoms with Crippen LogP contribution in [0, 0.1) is 5.92 Å². The number of nitrogens with zero attached hydrogens (tertiary/aromatic N) is 3. The van der Waals surface area contributed by atoms with Gasteiger partial charge in [-0.15, -0.1) is 0 Å². The summed E-state index contributed by atoms with van der Waals surface area (Å²) >= 11 is 6.12. The lowest BCUT2D eigenvalue weighted by molar-refractivity contribution is -0.137. The first-order valence-electron chi connectivity index (χ1n) is 17.0. The highest BCUT2D eigenvalue weighted by Gasteiger charge is 2.35. The number of ether oxygens (including phenoxy) is 1. The van der Waals surface area contributed by atoms with Crippen LogP contribution >= 0.6 is 11.6 Å². The predicted octanol–water partition coefficient (Wildman–Crippen LogP) is 6.81. The van der Waals surface area contributed by atoms with E-state index in [9.17, 15) is 22.8 Å². The summed E-state index contributed by atoms with van der Waals surface area (Å²) in [6.45, 7) is 3.86. The summed E-state index contributed by atoms with van der Waals surface area (Å²) in [5.41, 5.74) is 5.96. The Kier molecular flexibility index (Phi) is 10.7. The van der Waals surface area contributed by atoms with E-state index in [-0.39, 0.29) is 41.3 Å². The van der Waals surface area contributed by atoms with Crippen molar-refractivity contribution >= 4 is 34.1 Å². The normalized spacial score (nSPS) is 22.6. The summed E-state index contributed by atoms with van der Waals surface area (Å²) < 4.78 is 49.2. The summed E-state index contributed by atoms with van der Waals surface area (Å²) in [4.78, 5) is 34.0. The zero-order chi connectivity index (χ0) is 33.1. The molecule has 1 aromatic heterocycles. The molecule has 12 heteroatoms. The number of carbonyl (C=O) groups excluding carboxylic acids is 1. The van der Waals surface area contributed by atoms with E-state index in [4.69, 9.17) is 22.1 Å². The van der Waals surface area contributed by atoms with Crippen molar-refractivity contribution in [3.05, 3.63) is 63.0 Å². The largest absolute Gasteiger partial charge is 0.418 e. The number of ketones is 1. The van der Waals surface area contributed by atoms with Crippen LogP contribution in [0.15, 0.2) is 41.2 Å². The lowest BCUT2D eigenvalue weighted by atomic mass is 9.82. The van der Waals surface area contributed by atoms with Crippen LogP contribution in [0.2, 0.25) is 5.02 Å². The first-order chi connectivity index (χ1) is 22.6. The van der Waals surface area contributed by atoms with Gasteiger partial charge in [0.25, 0.3) is 0 Å². The van der Waals surface area contributed by atoms with Gasteiger partial charge in [-0.3, -0.25) is 14.3 Å². The number of imidazole rings is 1. The maximum absolute atomic E-state index is 13.7. The van der Waals surface area contributed by atoms with Crippen molar-refractivity contribution in [1.29, 1.82) is 0 Å². The van der Waals surface area contributed by atoms with Gasteiger partial charge in [-0.1, -0.05) is 23.7 Å². The number of aromatic nitrogens is 2. The molecule has 0 unspecified atom stereocenters. The van der Waals surface area contributed by atoms with Gasteiger partial charge in [-0.2, -0.15) is 13.2 Å². The minimum absolute atomic E-state index is 0.0230. The number of alkyl halides is 3. The first kappa shape index (κ1) is 34.0. The Morgan fingerprint density at radius 2 is 1.70 bits per heavy atom. The molecule has 3 N–H and O–H groups in total. The van der Waals surface area contributed by atoms with E-state index >= 15 is 0 Å². The van der Waals surface area contributed by atoms with E-state index in [2.05, 4.69) is 14.8 Å². The number of benzene rings is 2. The number of fused-ring (bicyclic) bond motifs is 1. The number of hydrogen-bond acceptors (Lipinski definition) is 6. The molecule has 2 aromatic carbocycles. The Morgan fingerprint density at radius 1 is 1.00 bits per heavy atom. The molecule has 3 aliphatic rings. The minimum Gasteiger partial charge on any atom is -0.397 e. The minimum atomic E-state index is -4.67. The summed E-state index contributed by atoms with van der Waals surface area (Å²) in [5, 5.41) is -0.189. The zero-order valence-corrected chi connectivity index (χ0v) is 27.5. The molecule has 0 bridgehead atoms. The van der Waals surface area contributed by atoms with Crippen LogP contribution in [-0.2, 0) is 22.1 Å². The molecule has 1 saturated carbocycles. The lowest BCUT2D eigenvalue weighted by Crippen LogP contribution is -2.40. The molecule has 47 heavy (non-hydrogen) atoms. The smallest absolute Gasteiger partial charge is 0.397 e. The molecule has 6 rings (SSSR count). The number of likely N-dealkylation sites (tertiary alicyclic amines) is 2. The quantitative estimate of drug-likeness (QED) is 0.217. The molecule has 8 nitrogen and oxygen atoms in total. The van der Waals surface area contributed by atoms with Crippen molar-refractivity contribution in [2.75, 3.05) is 38.6 Å². The number of piperidine rings is 1. The number of carbonyl (C=O) groups is 1. The Labute approximate surface area is 278 Å². The van der Waals surface area contributed by atoms with Gasteiger partial charge < -0.3 is 20.4 Å². The second kappa shape index (κ2) is 14.7. The molecule has 1 aliphatic carbocycles. The number of anilines is 1. The number of nitrogen functional groups attached to an aromatic ring is 1. The highest BCUT2D eigenvalue weighted by Crippen LogP contribution is 2.38. The van der Waals surface area contributed by atoms with E-state index < -0.39 is 23.5 Å². The third-order valence-electron chi connectivity index (χ3n) is 10.6. The van der Waals surface area contributed by atoms with Crippen LogP contribution < -0.4 is 11.4 Å². The highest BCUT2D eigenvalue weighted by atomic mass is 35.5. The molecule has 0 amide bonds. The fourth-order valence-electron chi connectivity index (χ4n) is 7.86. The Balaban J connectivity index is 1.09. The number of rotatable bonds is 11. The van der Waals surface area contributed by atoms with Crippen LogP contribution in [0.1, 0.15) is 81.4 Å². The Bertz CT molecular complexity index is 1590. The van der Waals surface area contributed by atoms with Crippen LogP contribution in [0.3, 0.4) is 0 Å². The van der Waals surface area contributed by atoms with E-state index in [1.165, 1.54) is 32.0 Å². The lowest BCUT2D eigenvalue weighted by Gasteiger charge is -2.34. The topological polar surface area (TPSA) is 96.6 Å². The van der Waals surface area contributed by atoms with Crippen LogP contribution in [0.5, 0.6) is 0 Å². The summed E-state index contributed by atoms with van der Waals surface area (Å²) in [6.07, 6.45) is 3.99. The highest BCUT2D eigenvalue weighted by molar-refractivity contribution is 6.33. The van der Waals surface area contributed by atoms with Gasteiger partial charge in [0.2, 0.25) is 0 Å².